The van der Waals surface area contributed by atoms with E-state index in [0.29, 0.717) is 0 Å². The summed E-state index contributed by atoms with van der Waals surface area (Å²) in [5, 5.41) is 0. The Bertz CT molecular complexity index is 114. The van der Waals surface area contributed by atoms with E-state index < -0.39 is 0 Å². The van der Waals surface area contributed by atoms with Crippen LogP contribution in [0.5, 0.6) is 0 Å². The van der Waals surface area contributed by atoms with Gasteiger partial charge in [-0.2, -0.15) is 0 Å². The highest BCUT2D eigenvalue weighted by Gasteiger charge is 1.90. The largest absolute Gasteiger partial charge is 0.355 e. The molecule has 0 aromatic heterocycles. The van der Waals surface area contributed by atoms with Crippen LogP contribution in [0.25, 0.3) is 0 Å². The molecule has 1 heteroatoms. The molecule has 0 aliphatic carbocycles. The van der Waals surface area contributed by atoms with Gasteiger partial charge in [-0.3, -0.25) is 0 Å². The van der Waals surface area contributed by atoms with Crippen molar-refractivity contribution < 1.29 is 0 Å². The number of hydrogen-bond acceptors (Lipinski definition) is 1. The maximum Gasteiger partial charge on any atom is 0.0108 e. The summed E-state index contributed by atoms with van der Waals surface area (Å²) in [4.78, 5) is 2.03. The van der Waals surface area contributed by atoms with Gasteiger partial charge in [0.05, 0.1) is 0 Å². The second-order valence-electron chi connectivity index (χ2n) is 2.01. The quantitative estimate of drug-likeness (QED) is 0.603. The van der Waals surface area contributed by atoms with E-state index in [4.69, 9.17) is 0 Å². The minimum absolute atomic E-state index is 1.01. The predicted molar refractivity (Wildman–Crippen MR) is 53.4 cm³/mol. The maximum atomic E-state index is 3.87. The lowest BCUT2D eigenvalue weighted by Crippen LogP contribution is -2.07. The summed E-state index contributed by atoms with van der Waals surface area (Å²) in [5.74, 6) is 0. The maximum absolute atomic E-state index is 3.87. The Hall–Kier alpha value is -0.720. The summed E-state index contributed by atoms with van der Waals surface area (Å²) in [5.41, 5.74) is 1.15. The first-order valence-electron chi connectivity index (χ1n) is 4.25. The summed E-state index contributed by atoms with van der Waals surface area (Å²) < 4.78 is 0. The molecular weight excluding hydrogens is 134 g/mol. The standard InChI is InChI=1S/C8H15N.C2H6/c1-5-7-9(4)8(3)6-2;1-2/h5,7H,3,6H2,1-2,4H3;1-2H3/b7-5-;. The third-order valence-electron chi connectivity index (χ3n) is 1.28. The normalized spacial score (nSPS) is 8.82. The lowest BCUT2D eigenvalue weighted by molar-refractivity contribution is 0.549. The average Bonchev–Trinajstić information content (AvgIpc) is 2.07. The number of allylic oxidation sites excluding steroid dienone is 2. The number of nitrogens with zero attached hydrogens (tertiary/aromatic N) is 1. The van der Waals surface area contributed by atoms with Crippen molar-refractivity contribution in [3.63, 3.8) is 0 Å². The van der Waals surface area contributed by atoms with Crippen LogP contribution in [0.4, 0.5) is 0 Å². The van der Waals surface area contributed by atoms with Gasteiger partial charge in [0, 0.05) is 12.7 Å². The third kappa shape index (κ3) is 7.17. The first kappa shape index (κ1) is 12.9. The van der Waals surface area contributed by atoms with Crippen LogP contribution in [0, 0.1) is 0 Å². The number of rotatable bonds is 3. The third-order valence-corrected chi connectivity index (χ3v) is 1.28. The Morgan fingerprint density at radius 1 is 1.45 bits per heavy atom. The molecule has 66 valence electrons. The summed E-state index contributed by atoms with van der Waals surface area (Å²) >= 11 is 0. The highest BCUT2D eigenvalue weighted by molar-refractivity contribution is 4.96. The minimum atomic E-state index is 1.01. The molecule has 0 amide bonds. The van der Waals surface area contributed by atoms with Crippen molar-refractivity contribution >= 4 is 0 Å². The average molecular weight is 155 g/mol. The summed E-state index contributed by atoms with van der Waals surface area (Å²) in [6.45, 7) is 12.0. The zero-order chi connectivity index (χ0) is 9.28. The Balaban J connectivity index is 0. The lowest BCUT2D eigenvalue weighted by atomic mass is 10.3. The van der Waals surface area contributed by atoms with Crippen LogP contribution in [0.15, 0.2) is 24.6 Å². The predicted octanol–water partition coefficient (Wildman–Crippen LogP) is 3.40. The van der Waals surface area contributed by atoms with E-state index in [2.05, 4.69) is 13.5 Å². The first-order valence-corrected chi connectivity index (χ1v) is 4.25. The molecule has 0 radical (unpaired) electrons. The summed E-state index contributed by atoms with van der Waals surface area (Å²) in [6, 6.07) is 0. The summed E-state index contributed by atoms with van der Waals surface area (Å²) in [7, 11) is 2.01. The second-order valence-corrected chi connectivity index (χ2v) is 2.01. The van der Waals surface area contributed by atoms with Gasteiger partial charge in [-0.05, 0) is 19.5 Å². The van der Waals surface area contributed by atoms with Crippen LogP contribution < -0.4 is 0 Å². The molecule has 0 fully saturated rings. The van der Waals surface area contributed by atoms with Crippen molar-refractivity contribution in [1.29, 1.82) is 0 Å². The molecule has 0 aliphatic rings. The van der Waals surface area contributed by atoms with Gasteiger partial charge < -0.3 is 4.90 Å². The monoisotopic (exact) mass is 155 g/mol. The molecule has 0 atom stereocenters. The fourth-order valence-electron chi connectivity index (χ4n) is 0.578. The molecule has 0 saturated heterocycles. The molecule has 0 aromatic carbocycles. The molecule has 0 spiro atoms. The van der Waals surface area contributed by atoms with Crippen molar-refractivity contribution in [2.75, 3.05) is 7.05 Å². The van der Waals surface area contributed by atoms with Crippen molar-refractivity contribution in [3.05, 3.63) is 24.6 Å². The highest BCUT2D eigenvalue weighted by Crippen LogP contribution is 2.01. The van der Waals surface area contributed by atoms with Crippen LogP contribution in [0.2, 0.25) is 0 Å². The van der Waals surface area contributed by atoms with E-state index in [1.807, 2.05) is 45.0 Å². The van der Waals surface area contributed by atoms with E-state index in [0.717, 1.165) is 12.1 Å². The smallest absolute Gasteiger partial charge is 0.0108 e. The van der Waals surface area contributed by atoms with Gasteiger partial charge >= 0.3 is 0 Å². The van der Waals surface area contributed by atoms with Crippen LogP contribution >= 0.6 is 0 Å². The Morgan fingerprint density at radius 2 is 1.91 bits per heavy atom. The van der Waals surface area contributed by atoms with Gasteiger partial charge in [-0.25, -0.2) is 0 Å². The van der Waals surface area contributed by atoms with E-state index in [9.17, 15) is 0 Å². The summed E-state index contributed by atoms with van der Waals surface area (Å²) in [6.07, 6.45) is 5.02. The van der Waals surface area contributed by atoms with Crippen LogP contribution in [0.1, 0.15) is 34.1 Å². The first-order chi connectivity index (χ1) is 5.22. The van der Waals surface area contributed by atoms with Crippen molar-refractivity contribution in [3.8, 4) is 0 Å². The molecule has 0 rings (SSSR count). The Morgan fingerprint density at radius 3 is 2.18 bits per heavy atom. The molecular formula is C10H21N. The van der Waals surface area contributed by atoms with E-state index in [1.165, 1.54) is 0 Å². The van der Waals surface area contributed by atoms with Gasteiger partial charge in [0.15, 0.2) is 0 Å². The van der Waals surface area contributed by atoms with Gasteiger partial charge in [0.1, 0.15) is 0 Å². The van der Waals surface area contributed by atoms with E-state index >= 15 is 0 Å². The topological polar surface area (TPSA) is 3.24 Å². The molecule has 1 nitrogen and oxygen atoms in total. The fourth-order valence-corrected chi connectivity index (χ4v) is 0.578. The lowest BCUT2D eigenvalue weighted by Gasteiger charge is -2.14. The minimum Gasteiger partial charge on any atom is -0.355 e. The van der Waals surface area contributed by atoms with Gasteiger partial charge in [0.2, 0.25) is 0 Å². The van der Waals surface area contributed by atoms with Crippen molar-refractivity contribution in [2.45, 2.75) is 34.1 Å². The second kappa shape index (κ2) is 9.28. The van der Waals surface area contributed by atoms with E-state index in [1.54, 1.807) is 0 Å². The molecule has 0 saturated carbocycles. The van der Waals surface area contributed by atoms with Crippen molar-refractivity contribution in [1.82, 2.24) is 4.90 Å². The van der Waals surface area contributed by atoms with Crippen LogP contribution in [0.3, 0.4) is 0 Å². The molecule has 0 bridgehead atoms. The fraction of sp³-hybridized carbons (Fsp3) is 0.600. The molecule has 11 heavy (non-hydrogen) atoms. The number of hydrogen-bond donors (Lipinski definition) is 0. The molecule has 0 unspecified atom stereocenters. The van der Waals surface area contributed by atoms with E-state index in [-0.39, 0.29) is 0 Å². The zero-order valence-electron chi connectivity index (χ0n) is 8.52. The van der Waals surface area contributed by atoms with Crippen molar-refractivity contribution in [2.24, 2.45) is 0 Å². The van der Waals surface area contributed by atoms with Gasteiger partial charge in [-0.1, -0.05) is 33.4 Å². The molecule has 0 aromatic rings. The highest BCUT2D eigenvalue weighted by atomic mass is 15.1. The molecule has 0 aliphatic heterocycles. The van der Waals surface area contributed by atoms with Crippen LogP contribution in [-0.4, -0.2) is 11.9 Å². The Kier molecular flexibility index (Phi) is 10.9. The Labute approximate surface area is 71.4 Å². The zero-order valence-corrected chi connectivity index (χ0v) is 8.52. The van der Waals surface area contributed by atoms with Crippen LogP contribution in [-0.2, 0) is 0 Å². The van der Waals surface area contributed by atoms with Gasteiger partial charge in [-0.15, -0.1) is 0 Å². The molecule has 0 N–H and O–H groups in total. The molecule has 0 heterocycles. The SMILES string of the molecule is C=C(CC)N(C)/C=C\C.CC. The van der Waals surface area contributed by atoms with Gasteiger partial charge in [0.25, 0.3) is 0 Å².